The van der Waals surface area contributed by atoms with Crippen LogP contribution < -0.4 is 5.32 Å². The summed E-state index contributed by atoms with van der Waals surface area (Å²) in [6.07, 6.45) is 6.58. The summed E-state index contributed by atoms with van der Waals surface area (Å²) in [5.74, 6) is 0.742. The third-order valence-electron chi connectivity index (χ3n) is 3.72. The highest BCUT2D eigenvalue weighted by Crippen LogP contribution is 2.24. The molecule has 16 heavy (non-hydrogen) atoms. The van der Waals surface area contributed by atoms with Gasteiger partial charge in [0.25, 0.3) is 0 Å². The zero-order valence-corrected chi connectivity index (χ0v) is 10.3. The van der Waals surface area contributed by atoms with E-state index in [1.54, 1.807) is 0 Å². The number of nitriles is 1. The second kappa shape index (κ2) is 7.65. The van der Waals surface area contributed by atoms with Gasteiger partial charge in [0.05, 0.1) is 12.0 Å². The van der Waals surface area contributed by atoms with E-state index in [-0.39, 0.29) is 12.5 Å². The summed E-state index contributed by atoms with van der Waals surface area (Å²) in [4.78, 5) is 0. The van der Waals surface area contributed by atoms with Crippen LogP contribution in [0.1, 0.15) is 45.4 Å². The number of aliphatic hydroxyl groups is 1. The second-order valence-electron chi connectivity index (χ2n) is 4.82. The lowest BCUT2D eigenvalue weighted by atomic mass is 9.85. The summed E-state index contributed by atoms with van der Waals surface area (Å²) in [7, 11) is 0. The fraction of sp³-hybridized carbons (Fsp3) is 0.923. The standard InChI is InChI=1S/C13H24N2O/c1-2-11(7-8-16)10-15-13-6-4-3-5-12(13)9-14/h11-13,15-16H,2-8,10H2,1H3. The summed E-state index contributed by atoms with van der Waals surface area (Å²) in [5.41, 5.74) is 0. The Morgan fingerprint density at radius 3 is 2.81 bits per heavy atom. The van der Waals surface area contributed by atoms with Crippen molar-refractivity contribution in [1.29, 1.82) is 5.26 Å². The van der Waals surface area contributed by atoms with Crippen molar-refractivity contribution in [1.82, 2.24) is 5.32 Å². The summed E-state index contributed by atoms with van der Waals surface area (Å²) >= 11 is 0. The van der Waals surface area contributed by atoms with Crippen LogP contribution in [0.15, 0.2) is 0 Å². The molecule has 1 fully saturated rings. The summed E-state index contributed by atoms with van der Waals surface area (Å²) < 4.78 is 0. The lowest BCUT2D eigenvalue weighted by Crippen LogP contribution is -2.40. The minimum absolute atomic E-state index is 0.195. The molecule has 1 rings (SSSR count). The molecule has 1 saturated carbocycles. The number of rotatable bonds is 6. The number of nitrogens with zero attached hydrogens (tertiary/aromatic N) is 1. The third-order valence-corrected chi connectivity index (χ3v) is 3.72. The van der Waals surface area contributed by atoms with Crippen LogP contribution in [-0.2, 0) is 0 Å². The van der Waals surface area contributed by atoms with Gasteiger partial charge in [0.1, 0.15) is 0 Å². The van der Waals surface area contributed by atoms with Crippen LogP contribution in [0.4, 0.5) is 0 Å². The Hall–Kier alpha value is -0.590. The van der Waals surface area contributed by atoms with E-state index in [1.165, 1.54) is 12.8 Å². The SMILES string of the molecule is CCC(CCO)CNC1CCCCC1C#N. The average molecular weight is 224 g/mol. The van der Waals surface area contributed by atoms with Crippen molar-refractivity contribution in [3.8, 4) is 6.07 Å². The first-order chi connectivity index (χ1) is 7.81. The first kappa shape index (κ1) is 13.5. The molecule has 92 valence electrons. The Morgan fingerprint density at radius 2 is 2.19 bits per heavy atom. The second-order valence-corrected chi connectivity index (χ2v) is 4.82. The van der Waals surface area contributed by atoms with Gasteiger partial charge in [-0.05, 0) is 31.7 Å². The van der Waals surface area contributed by atoms with E-state index >= 15 is 0 Å². The highest BCUT2D eigenvalue weighted by Gasteiger charge is 2.24. The highest BCUT2D eigenvalue weighted by molar-refractivity contribution is 4.94. The van der Waals surface area contributed by atoms with E-state index in [9.17, 15) is 0 Å². The van der Waals surface area contributed by atoms with E-state index in [2.05, 4.69) is 18.3 Å². The van der Waals surface area contributed by atoms with E-state index < -0.39 is 0 Å². The Morgan fingerprint density at radius 1 is 1.44 bits per heavy atom. The van der Waals surface area contributed by atoms with Gasteiger partial charge in [0.2, 0.25) is 0 Å². The van der Waals surface area contributed by atoms with Crippen LogP contribution in [0.25, 0.3) is 0 Å². The van der Waals surface area contributed by atoms with Gasteiger partial charge < -0.3 is 10.4 Å². The predicted molar refractivity (Wildman–Crippen MR) is 64.8 cm³/mol. The maximum absolute atomic E-state index is 9.06. The van der Waals surface area contributed by atoms with E-state index in [0.29, 0.717) is 12.0 Å². The van der Waals surface area contributed by atoms with Crippen LogP contribution in [0.3, 0.4) is 0 Å². The first-order valence-corrected chi connectivity index (χ1v) is 6.55. The molecule has 3 heteroatoms. The third kappa shape index (κ3) is 4.11. The molecule has 1 aliphatic rings. The first-order valence-electron chi connectivity index (χ1n) is 6.55. The van der Waals surface area contributed by atoms with Gasteiger partial charge >= 0.3 is 0 Å². The fourth-order valence-corrected chi connectivity index (χ4v) is 2.48. The number of nitrogens with one attached hydrogen (secondary N) is 1. The number of aliphatic hydroxyl groups excluding tert-OH is 1. The molecule has 0 spiro atoms. The molecule has 3 atom stereocenters. The molecule has 0 bridgehead atoms. The molecule has 2 N–H and O–H groups in total. The minimum Gasteiger partial charge on any atom is -0.396 e. The van der Waals surface area contributed by atoms with Gasteiger partial charge in [0, 0.05) is 12.6 Å². The summed E-state index contributed by atoms with van der Waals surface area (Å²) in [6, 6.07) is 2.80. The van der Waals surface area contributed by atoms with Crippen LogP contribution in [0.5, 0.6) is 0 Å². The van der Waals surface area contributed by atoms with Crippen molar-refractivity contribution >= 4 is 0 Å². The smallest absolute Gasteiger partial charge is 0.0672 e. The fourth-order valence-electron chi connectivity index (χ4n) is 2.48. The number of hydrogen-bond donors (Lipinski definition) is 2. The molecule has 1 aliphatic carbocycles. The van der Waals surface area contributed by atoms with E-state index in [0.717, 1.165) is 32.2 Å². The summed E-state index contributed by atoms with van der Waals surface area (Å²) in [6.45, 7) is 3.37. The molecule has 0 aromatic rings. The Balaban J connectivity index is 2.31. The quantitative estimate of drug-likeness (QED) is 0.726. The van der Waals surface area contributed by atoms with E-state index in [4.69, 9.17) is 10.4 Å². The zero-order valence-electron chi connectivity index (χ0n) is 10.3. The Bertz CT molecular complexity index is 224. The van der Waals surface area contributed by atoms with Crippen LogP contribution in [-0.4, -0.2) is 24.3 Å². The molecular formula is C13H24N2O. The largest absolute Gasteiger partial charge is 0.396 e. The lowest BCUT2D eigenvalue weighted by molar-refractivity contribution is 0.237. The van der Waals surface area contributed by atoms with E-state index in [1.807, 2.05) is 0 Å². The normalized spacial score (nSPS) is 27.3. The van der Waals surface area contributed by atoms with Crippen molar-refractivity contribution in [3.63, 3.8) is 0 Å². The van der Waals surface area contributed by atoms with Gasteiger partial charge in [-0.1, -0.05) is 26.2 Å². The van der Waals surface area contributed by atoms with Gasteiger partial charge in [-0.2, -0.15) is 5.26 Å². The predicted octanol–water partition coefficient (Wildman–Crippen LogP) is 2.07. The zero-order chi connectivity index (χ0) is 11.8. The molecule has 3 unspecified atom stereocenters. The molecule has 0 aliphatic heterocycles. The minimum atomic E-state index is 0.195. The van der Waals surface area contributed by atoms with Crippen LogP contribution in [0.2, 0.25) is 0 Å². The average Bonchev–Trinajstić information content (AvgIpc) is 2.34. The van der Waals surface area contributed by atoms with Gasteiger partial charge in [-0.15, -0.1) is 0 Å². The topological polar surface area (TPSA) is 56.0 Å². The van der Waals surface area contributed by atoms with Crippen molar-refractivity contribution in [2.75, 3.05) is 13.2 Å². The van der Waals surface area contributed by atoms with Crippen molar-refractivity contribution in [2.24, 2.45) is 11.8 Å². The molecule has 0 amide bonds. The van der Waals surface area contributed by atoms with Crippen molar-refractivity contribution in [3.05, 3.63) is 0 Å². The maximum Gasteiger partial charge on any atom is 0.0672 e. The molecule has 0 heterocycles. The lowest BCUT2D eigenvalue weighted by Gasteiger charge is -2.29. The highest BCUT2D eigenvalue weighted by atomic mass is 16.3. The van der Waals surface area contributed by atoms with Gasteiger partial charge in [-0.3, -0.25) is 0 Å². The molecule has 0 radical (unpaired) electrons. The molecule has 3 nitrogen and oxygen atoms in total. The summed E-state index contributed by atoms with van der Waals surface area (Å²) in [5, 5.41) is 21.5. The van der Waals surface area contributed by atoms with Crippen molar-refractivity contribution < 1.29 is 5.11 Å². The number of hydrogen-bond acceptors (Lipinski definition) is 3. The van der Waals surface area contributed by atoms with Crippen LogP contribution >= 0.6 is 0 Å². The molecular weight excluding hydrogens is 200 g/mol. The molecule has 0 aromatic carbocycles. The van der Waals surface area contributed by atoms with Crippen molar-refractivity contribution in [2.45, 2.75) is 51.5 Å². The Labute approximate surface area is 98.8 Å². The molecule has 0 aromatic heterocycles. The Kier molecular flexibility index (Phi) is 6.44. The van der Waals surface area contributed by atoms with Gasteiger partial charge in [-0.25, -0.2) is 0 Å². The van der Waals surface area contributed by atoms with Crippen LogP contribution in [0, 0.1) is 23.2 Å². The molecule has 0 saturated heterocycles. The maximum atomic E-state index is 9.06. The van der Waals surface area contributed by atoms with Gasteiger partial charge in [0.15, 0.2) is 0 Å². The monoisotopic (exact) mass is 224 g/mol.